The summed E-state index contributed by atoms with van der Waals surface area (Å²) in [7, 11) is 0. The maximum absolute atomic E-state index is 2.83. The second kappa shape index (κ2) is 12.4. The molecule has 2 unspecified atom stereocenters. The zero-order valence-corrected chi connectivity index (χ0v) is 15.9. The first-order valence-electron chi connectivity index (χ1n) is 10.2. The van der Waals surface area contributed by atoms with Crippen LogP contribution in [0.2, 0.25) is 0 Å². The van der Waals surface area contributed by atoms with E-state index in [0.717, 1.165) is 12.1 Å². The van der Waals surface area contributed by atoms with Gasteiger partial charge in [-0.2, -0.15) is 0 Å². The van der Waals surface area contributed by atoms with Crippen LogP contribution in [-0.4, -0.2) is 48.1 Å². The van der Waals surface area contributed by atoms with Gasteiger partial charge in [-0.1, -0.05) is 72.6 Å². The predicted molar refractivity (Wildman–Crippen MR) is 99.6 cm³/mol. The van der Waals surface area contributed by atoms with Gasteiger partial charge in [-0.15, -0.1) is 0 Å². The third-order valence-electron chi connectivity index (χ3n) is 5.57. The number of rotatable bonds is 13. The van der Waals surface area contributed by atoms with Crippen LogP contribution in [0.25, 0.3) is 0 Å². The molecule has 2 heteroatoms. The smallest absolute Gasteiger partial charge is 0.0235 e. The highest BCUT2D eigenvalue weighted by Gasteiger charge is 2.30. The fourth-order valence-corrected chi connectivity index (χ4v) is 4.07. The van der Waals surface area contributed by atoms with Gasteiger partial charge < -0.3 is 0 Å². The molecule has 0 aromatic rings. The molecule has 0 aromatic carbocycles. The third-order valence-corrected chi connectivity index (χ3v) is 5.57. The molecule has 0 N–H and O–H groups in total. The van der Waals surface area contributed by atoms with Crippen molar-refractivity contribution < 1.29 is 0 Å². The van der Waals surface area contributed by atoms with E-state index >= 15 is 0 Å². The quantitative estimate of drug-likeness (QED) is 0.425. The van der Waals surface area contributed by atoms with E-state index in [0.29, 0.717) is 0 Å². The molecular formula is C20H42N2. The van der Waals surface area contributed by atoms with E-state index in [1.807, 2.05) is 0 Å². The highest BCUT2D eigenvalue weighted by Crippen LogP contribution is 2.24. The molecule has 0 aromatic heterocycles. The van der Waals surface area contributed by atoms with Gasteiger partial charge >= 0.3 is 0 Å². The van der Waals surface area contributed by atoms with E-state index in [1.165, 1.54) is 90.4 Å². The van der Waals surface area contributed by atoms with Gasteiger partial charge in [0.2, 0.25) is 0 Å². The largest absolute Gasteiger partial charge is 0.300 e. The van der Waals surface area contributed by atoms with Crippen molar-refractivity contribution in [3.05, 3.63) is 0 Å². The Morgan fingerprint density at radius 1 is 0.864 bits per heavy atom. The molecule has 2 atom stereocenters. The Labute approximate surface area is 140 Å². The number of likely N-dealkylation sites (tertiary alicyclic amines) is 1. The van der Waals surface area contributed by atoms with Crippen LogP contribution in [0.15, 0.2) is 0 Å². The molecule has 22 heavy (non-hydrogen) atoms. The summed E-state index contributed by atoms with van der Waals surface area (Å²) in [6.45, 7) is 14.4. The molecule has 1 aliphatic heterocycles. The minimum Gasteiger partial charge on any atom is -0.300 e. The highest BCUT2D eigenvalue weighted by atomic mass is 15.3. The van der Waals surface area contributed by atoms with E-state index in [2.05, 4.69) is 37.5 Å². The molecule has 1 heterocycles. The van der Waals surface area contributed by atoms with Gasteiger partial charge in [-0.3, -0.25) is 9.80 Å². The maximum Gasteiger partial charge on any atom is 0.0235 e. The Hall–Kier alpha value is -0.0800. The lowest BCUT2D eigenvalue weighted by Gasteiger charge is -2.30. The summed E-state index contributed by atoms with van der Waals surface area (Å²) in [4.78, 5) is 5.50. The summed E-state index contributed by atoms with van der Waals surface area (Å²) in [5, 5.41) is 0. The lowest BCUT2D eigenvalue weighted by molar-refractivity contribution is 0.173. The standard InChI is InChI=1S/C20H42N2/c1-5-9-11-12-13-15-19(14-10-6-2)22-17-16-20(18-22)21(7-3)8-4/h19-20H,5-18H2,1-4H3. The van der Waals surface area contributed by atoms with Crippen LogP contribution in [-0.2, 0) is 0 Å². The van der Waals surface area contributed by atoms with Crippen LogP contribution in [0.5, 0.6) is 0 Å². The molecule has 0 bridgehead atoms. The minimum absolute atomic E-state index is 0.819. The molecule has 1 fully saturated rings. The van der Waals surface area contributed by atoms with Crippen LogP contribution in [0.4, 0.5) is 0 Å². The Balaban J connectivity index is 2.39. The molecule has 1 rings (SSSR count). The molecule has 132 valence electrons. The second-order valence-corrected chi connectivity index (χ2v) is 7.16. The zero-order chi connectivity index (χ0) is 16.2. The van der Waals surface area contributed by atoms with Gasteiger partial charge in [0.15, 0.2) is 0 Å². The van der Waals surface area contributed by atoms with Gasteiger partial charge in [0.25, 0.3) is 0 Å². The van der Waals surface area contributed by atoms with Crippen LogP contribution in [0.3, 0.4) is 0 Å². The normalized spacial score (nSPS) is 20.9. The Morgan fingerprint density at radius 3 is 2.14 bits per heavy atom. The average molecular weight is 311 g/mol. The van der Waals surface area contributed by atoms with E-state index in [4.69, 9.17) is 0 Å². The minimum atomic E-state index is 0.819. The number of hydrogen-bond acceptors (Lipinski definition) is 2. The van der Waals surface area contributed by atoms with Gasteiger partial charge in [0.05, 0.1) is 0 Å². The predicted octanol–water partition coefficient (Wildman–Crippen LogP) is 5.32. The third kappa shape index (κ3) is 7.00. The maximum atomic E-state index is 2.83. The van der Waals surface area contributed by atoms with E-state index in [1.54, 1.807) is 0 Å². The van der Waals surface area contributed by atoms with Crippen molar-refractivity contribution in [3.63, 3.8) is 0 Å². The van der Waals surface area contributed by atoms with Crippen molar-refractivity contribution in [2.45, 2.75) is 104 Å². The molecule has 0 saturated carbocycles. The zero-order valence-electron chi connectivity index (χ0n) is 15.9. The van der Waals surface area contributed by atoms with Crippen molar-refractivity contribution in [1.82, 2.24) is 9.80 Å². The fraction of sp³-hybridized carbons (Fsp3) is 1.00. The Bertz CT molecular complexity index is 250. The van der Waals surface area contributed by atoms with E-state index in [9.17, 15) is 0 Å². The summed E-state index contributed by atoms with van der Waals surface area (Å²) in [5.41, 5.74) is 0. The van der Waals surface area contributed by atoms with E-state index in [-0.39, 0.29) is 0 Å². The Morgan fingerprint density at radius 2 is 1.50 bits per heavy atom. The topological polar surface area (TPSA) is 6.48 Å². The van der Waals surface area contributed by atoms with E-state index < -0.39 is 0 Å². The van der Waals surface area contributed by atoms with Crippen molar-refractivity contribution in [2.24, 2.45) is 0 Å². The van der Waals surface area contributed by atoms with Crippen LogP contribution >= 0.6 is 0 Å². The molecule has 1 saturated heterocycles. The van der Waals surface area contributed by atoms with Crippen LogP contribution in [0.1, 0.15) is 91.9 Å². The first-order chi connectivity index (χ1) is 10.8. The SMILES string of the molecule is CCCCCCCC(CCCC)N1CCC(N(CC)CC)C1. The summed E-state index contributed by atoms with van der Waals surface area (Å²) >= 11 is 0. The average Bonchev–Trinajstić information content (AvgIpc) is 3.01. The molecule has 0 spiro atoms. The molecule has 1 aliphatic rings. The lowest BCUT2D eigenvalue weighted by Crippen LogP contribution is -2.40. The number of likely N-dealkylation sites (N-methyl/N-ethyl adjacent to an activating group) is 1. The number of hydrogen-bond donors (Lipinski definition) is 0. The summed E-state index contributed by atoms with van der Waals surface area (Å²) < 4.78 is 0. The monoisotopic (exact) mass is 310 g/mol. The number of unbranched alkanes of at least 4 members (excludes halogenated alkanes) is 5. The van der Waals surface area contributed by atoms with Crippen molar-refractivity contribution in [3.8, 4) is 0 Å². The van der Waals surface area contributed by atoms with Crippen molar-refractivity contribution in [1.29, 1.82) is 0 Å². The van der Waals surface area contributed by atoms with Crippen molar-refractivity contribution >= 4 is 0 Å². The number of nitrogens with zero attached hydrogens (tertiary/aromatic N) is 2. The first-order valence-corrected chi connectivity index (χ1v) is 10.2. The summed E-state index contributed by atoms with van der Waals surface area (Å²) in [5.74, 6) is 0. The first kappa shape index (κ1) is 20.0. The van der Waals surface area contributed by atoms with Gasteiger partial charge in [0.1, 0.15) is 0 Å². The highest BCUT2D eigenvalue weighted by molar-refractivity contribution is 4.86. The van der Waals surface area contributed by atoms with Crippen LogP contribution < -0.4 is 0 Å². The van der Waals surface area contributed by atoms with Crippen molar-refractivity contribution in [2.75, 3.05) is 26.2 Å². The molecule has 0 radical (unpaired) electrons. The van der Waals surface area contributed by atoms with Crippen LogP contribution in [0, 0.1) is 0 Å². The molecule has 0 aliphatic carbocycles. The summed E-state index contributed by atoms with van der Waals surface area (Å²) in [6.07, 6.45) is 14.1. The molecule has 2 nitrogen and oxygen atoms in total. The Kier molecular flexibility index (Phi) is 11.2. The summed E-state index contributed by atoms with van der Waals surface area (Å²) in [6, 6.07) is 1.68. The van der Waals surface area contributed by atoms with Gasteiger partial charge in [-0.25, -0.2) is 0 Å². The fourth-order valence-electron chi connectivity index (χ4n) is 4.07. The molecular weight excluding hydrogens is 268 g/mol. The lowest BCUT2D eigenvalue weighted by atomic mass is 10.0. The van der Waals surface area contributed by atoms with Gasteiger partial charge in [-0.05, 0) is 32.4 Å². The molecule has 0 amide bonds. The van der Waals surface area contributed by atoms with Gasteiger partial charge in [0, 0.05) is 25.2 Å². The second-order valence-electron chi connectivity index (χ2n) is 7.16.